The van der Waals surface area contributed by atoms with Gasteiger partial charge in [0.2, 0.25) is 0 Å². The smallest absolute Gasteiger partial charge is 0.271 e. The van der Waals surface area contributed by atoms with Crippen molar-refractivity contribution in [3.05, 3.63) is 35.4 Å². The molecule has 0 amide bonds. The SMILES string of the molecule is NNC(CCC(F)(F)F)c1ccccc1C1CCC1. The molecule has 5 heteroatoms. The zero-order valence-electron chi connectivity index (χ0n) is 10.7. The van der Waals surface area contributed by atoms with Crippen LogP contribution in [-0.4, -0.2) is 6.18 Å². The third kappa shape index (κ3) is 3.70. The van der Waals surface area contributed by atoms with E-state index in [1.54, 1.807) is 0 Å². The number of hydrazine groups is 1. The Bertz CT molecular complexity index is 413. The third-order valence-corrected chi connectivity index (χ3v) is 3.83. The van der Waals surface area contributed by atoms with Gasteiger partial charge in [-0.15, -0.1) is 0 Å². The van der Waals surface area contributed by atoms with Crippen LogP contribution < -0.4 is 11.3 Å². The number of nitrogens with one attached hydrogen (secondary N) is 1. The molecule has 0 aliphatic heterocycles. The van der Waals surface area contributed by atoms with Gasteiger partial charge in [0.05, 0.1) is 0 Å². The number of halogens is 3. The van der Waals surface area contributed by atoms with Gasteiger partial charge in [0.15, 0.2) is 0 Å². The van der Waals surface area contributed by atoms with Gasteiger partial charge in [0, 0.05) is 12.5 Å². The summed E-state index contributed by atoms with van der Waals surface area (Å²) >= 11 is 0. The van der Waals surface area contributed by atoms with Crippen LogP contribution in [0.2, 0.25) is 0 Å². The topological polar surface area (TPSA) is 38.0 Å². The van der Waals surface area contributed by atoms with E-state index in [0.717, 1.165) is 24.0 Å². The first-order valence-corrected chi connectivity index (χ1v) is 6.63. The average molecular weight is 272 g/mol. The van der Waals surface area contributed by atoms with Gasteiger partial charge in [-0.2, -0.15) is 13.2 Å². The van der Waals surface area contributed by atoms with E-state index in [2.05, 4.69) is 5.43 Å². The molecule has 0 spiro atoms. The highest BCUT2D eigenvalue weighted by atomic mass is 19.4. The van der Waals surface area contributed by atoms with Crippen molar-refractivity contribution in [3.63, 3.8) is 0 Å². The lowest BCUT2D eigenvalue weighted by Gasteiger charge is -2.30. The summed E-state index contributed by atoms with van der Waals surface area (Å²) in [4.78, 5) is 0. The van der Waals surface area contributed by atoms with Crippen molar-refractivity contribution in [2.75, 3.05) is 0 Å². The molecule has 1 aromatic carbocycles. The van der Waals surface area contributed by atoms with E-state index in [1.165, 1.54) is 6.42 Å². The molecule has 1 aliphatic rings. The van der Waals surface area contributed by atoms with Crippen molar-refractivity contribution in [2.24, 2.45) is 5.84 Å². The summed E-state index contributed by atoms with van der Waals surface area (Å²) in [5.41, 5.74) is 4.60. The van der Waals surface area contributed by atoms with Crippen molar-refractivity contribution < 1.29 is 13.2 Å². The fourth-order valence-electron chi connectivity index (χ4n) is 2.56. The van der Waals surface area contributed by atoms with Crippen molar-refractivity contribution in [2.45, 2.75) is 50.2 Å². The van der Waals surface area contributed by atoms with Crippen molar-refractivity contribution in [3.8, 4) is 0 Å². The molecular weight excluding hydrogens is 253 g/mol. The van der Waals surface area contributed by atoms with Gasteiger partial charge in [0.1, 0.15) is 0 Å². The van der Waals surface area contributed by atoms with Crippen LogP contribution in [0.25, 0.3) is 0 Å². The van der Waals surface area contributed by atoms with Gasteiger partial charge in [-0.05, 0) is 36.3 Å². The van der Waals surface area contributed by atoms with Gasteiger partial charge in [-0.1, -0.05) is 30.7 Å². The van der Waals surface area contributed by atoms with E-state index in [-0.39, 0.29) is 6.42 Å². The molecular formula is C14H19F3N2. The lowest BCUT2D eigenvalue weighted by Crippen LogP contribution is -2.30. The molecule has 0 saturated heterocycles. The normalized spacial score (nSPS) is 18.1. The van der Waals surface area contributed by atoms with E-state index in [0.29, 0.717) is 5.92 Å². The second-order valence-corrected chi connectivity index (χ2v) is 5.13. The first-order valence-electron chi connectivity index (χ1n) is 6.63. The van der Waals surface area contributed by atoms with Crippen molar-refractivity contribution in [1.82, 2.24) is 5.43 Å². The third-order valence-electron chi connectivity index (χ3n) is 3.83. The van der Waals surface area contributed by atoms with E-state index in [1.807, 2.05) is 24.3 Å². The summed E-state index contributed by atoms with van der Waals surface area (Å²) in [6, 6.07) is 7.26. The summed E-state index contributed by atoms with van der Waals surface area (Å²) in [5.74, 6) is 5.93. The maximum Gasteiger partial charge on any atom is 0.389 e. The highest BCUT2D eigenvalue weighted by molar-refractivity contribution is 5.34. The number of alkyl halides is 3. The largest absolute Gasteiger partial charge is 0.389 e. The average Bonchev–Trinajstić information content (AvgIpc) is 2.28. The highest BCUT2D eigenvalue weighted by Gasteiger charge is 2.30. The van der Waals surface area contributed by atoms with E-state index < -0.39 is 18.6 Å². The molecule has 1 aliphatic carbocycles. The van der Waals surface area contributed by atoms with Crippen LogP contribution >= 0.6 is 0 Å². The Morgan fingerprint density at radius 1 is 1.26 bits per heavy atom. The maximum absolute atomic E-state index is 12.3. The van der Waals surface area contributed by atoms with Crippen LogP contribution in [0.5, 0.6) is 0 Å². The number of hydrogen-bond donors (Lipinski definition) is 2. The predicted molar refractivity (Wildman–Crippen MR) is 68.4 cm³/mol. The second kappa shape index (κ2) is 5.92. The lowest BCUT2D eigenvalue weighted by atomic mass is 9.77. The molecule has 0 heterocycles. The molecule has 3 N–H and O–H groups in total. The zero-order chi connectivity index (χ0) is 13.9. The molecule has 1 unspecified atom stereocenters. The monoisotopic (exact) mass is 272 g/mol. The fraction of sp³-hybridized carbons (Fsp3) is 0.571. The number of rotatable bonds is 5. The van der Waals surface area contributed by atoms with Gasteiger partial charge in [-0.25, -0.2) is 0 Å². The Morgan fingerprint density at radius 3 is 2.47 bits per heavy atom. The minimum atomic E-state index is -4.14. The summed E-state index contributed by atoms with van der Waals surface area (Å²) in [6.45, 7) is 0. The first-order chi connectivity index (χ1) is 9.01. The van der Waals surface area contributed by atoms with Crippen LogP contribution in [0.3, 0.4) is 0 Å². The molecule has 106 valence electrons. The minimum Gasteiger partial charge on any atom is -0.271 e. The molecule has 2 rings (SSSR count). The van der Waals surface area contributed by atoms with E-state index in [4.69, 9.17) is 5.84 Å². The van der Waals surface area contributed by atoms with Gasteiger partial charge < -0.3 is 0 Å². The highest BCUT2D eigenvalue weighted by Crippen LogP contribution is 2.40. The molecule has 1 saturated carbocycles. The molecule has 19 heavy (non-hydrogen) atoms. The number of hydrogen-bond acceptors (Lipinski definition) is 2. The van der Waals surface area contributed by atoms with E-state index >= 15 is 0 Å². The number of nitrogens with two attached hydrogens (primary N) is 1. The van der Waals surface area contributed by atoms with Crippen LogP contribution in [0, 0.1) is 0 Å². The molecule has 0 aromatic heterocycles. The molecule has 1 atom stereocenters. The fourth-order valence-corrected chi connectivity index (χ4v) is 2.56. The zero-order valence-corrected chi connectivity index (χ0v) is 10.7. The predicted octanol–water partition coefficient (Wildman–Crippen LogP) is 3.80. The molecule has 2 nitrogen and oxygen atoms in total. The summed E-state index contributed by atoms with van der Waals surface area (Å²) < 4.78 is 37.0. The van der Waals surface area contributed by atoms with Crippen LogP contribution in [0.15, 0.2) is 24.3 Å². The Hall–Kier alpha value is -1.07. The maximum atomic E-state index is 12.3. The van der Waals surface area contributed by atoms with Crippen molar-refractivity contribution >= 4 is 0 Å². The standard InChI is InChI=1S/C14H19F3N2/c15-14(16,17)9-8-13(19-18)12-7-2-1-6-11(12)10-4-3-5-10/h1-2,6-7,10,13,19H,3-5,8-9,18H2. The Labute approximate surface area is 111 Å². The van der Waals surface area contributed by atoms with Crippen LogP contribution in [0.4, 0.5) is 13.2 Å². The Balaban J connectivity index is 2.13. The minimum absolute atomic E-state index is 0.0241. The molecule has 0 radical (unpaired) electrons. The summed E-state index contributed by atoms with van der Waals surface area (Å²) in [5, 5.41) is 0. The second-order valence-electron chi connectivity index (χ2n) is 5.13. The molecule has 1 fully saturated rings. The van der Waals surface area contributed by atoms with Gasteiger partial charge >= 0.3 is 6.18 Å². The Kier molecular flexibility index (Phi) is 4.47. The lowest BCUT2D eigenvalue weighted by molar-refractivity contribution is -0.136. The van der Waals surface area contributed by atoms with Crippen LogP contribution in [-0.2, 0) is 0 Å². The molecule has 0 bridgehead atoms. The summed E-state index contributed by atoms with van der Waals surface area (Å²) in [7, 11) is 0. The van der Waals surface area contributed by atoms with Crippen molar-refractivity contribution in [1.29, 1.82) is 0 Å². The van der Waals surface area contributed by atoms with Gasteiger partial charge in [-0.3, -0.25) is 11.3 Å². The van der Waals surface area contributed by atoms with Crippen LogP contribution in [0.1, 0.15) is 55.2 Å². The quantitative estimate of drug-likeness (QED) is 0.632. The van der Waals surface area contributed by atoms with E-state index in [9.17, 15) is 13.2 Å². The molecule has 1 aromatic rings. The van der Waals surface area contributed by atoms with Gasteiger partial charge in [0.25, 0.3) is 0 Å². The Morgan fingerprint density at radius 2 is 1.95 bits per heavy atom. The first kappa shape index (κ1) is 14.3. The summed E-state index contributed by atoms with van der Waals surface area (Å²) in [6.07, 6.45) is -1.55. The number of benzene rings is 1.